The maximum absolute atomic E-state index is 12.7. The largest absolute Gasteiger partial charge is 0.493 e. The van der Waals surface area contributed by atoms with Gasteiger partial charge in [-0.25, -0.2) is 0 Å². The number of ether oxygens (including phenoxy) is 1. The van der Waals surface area contributed by atoms with Gasteiger partial charge in [0.1, 0.15) is 5.75 Å². The molecule has 0 aromatic heterocycles. The van der Waals surface area contributed by atoms with Gasteiger partial charge in [-0.15, -0.1) is 0 Å². The molecule has 0 unspecified atom stereocenters. The van der Waals surface area contributed by atoms with E-state index in [1.165, 1.54) is 0 Å². The summed E-state index contributed by atoms with van der Waals surface area (Å²) in [7, 11) is 0. The number of nitrogens with zero attached hydrogens (tertiary/aromatic N) is 3. The summed E-state index contributed by atoms with van der Waals surface area (Å²) in [5, 5.41) is 0. The number of amides is 2. The first kappa shape index (κ1) is 17.7. The molecule has 0 aliphatic carbocycles. The van der Waals surface area contributed by atoms with Crippen LogP contribution >= 0.6 is 0 Å². The van der Waals surface area contributed by atoms with E-state index in [9.17, 15) is 9.59 Å². The molecule has 0 spiro atoms. The van der Waals surface area contributed by atoms with Crippen molar-refractivity contribution < 1.29 is 14.3 Å². The number of hydrogen-bond acceptors (Lipinski definition) is 4. The molecular weight excluding hydrogens is 318 g/mol. The number of fused-ring (bicyclic) bond motifs is 1. The fourth-order valence-electron chi connectivity index (χ4n) is 3.48. The summed E-state index contributed by atoms with van der Waals surface area (Å²) in [6, 6.07) is 5.71. The van der Waals surface area contributed by atoms with E-state index in [-0.39, 0.29) is 11.8 Å². The fraction of sp³-hybridized carbons (Fsp3) is 0.579. The molecule has 1 aromatic carbocycles. The molecule has 0 N–H and O–H groups in total. The maximum atomic E-state index is 12.7. The average molecular weight is 345 g/mol. The lowest BCUT2D eigenvalue weighted by atomic mass is 10.1. The maximum Gasteiger partial charge on any atom is 0.253 e. The Morgan fingerprint density at radius 2 is 1.84 bits per heavy atom. The third-order valence-corrected chi connectivity index (χ3v) is 5.07. The predicted molar refractivity (Wildman–Crippen MR) is 95.9 cm³/mol. The van der Waals surface area contributed by atoms with E-state index >= 15 is 0 Å². The van der Waals surface area contributed by atoms with Crippen molar-refractivity contribution in [1.82, 2.24) is 14.7 Å². The zero-order valence-electron chi connectivity index (χ0n) is 15.2. The highest BCUT2D eigenvalue weighted by Crippen LogP contribution is 2.26. The van der Waals surface area contributed by atoms with Gasteiger partial charge in [-0.05, 0) is 37.6 Å². The Kier molecular flexibility index (Phi) is 5.58. The van der Waals surface area contributed by atoms with Gasteiger partial charge in [0.25, 0.3) is 5.91 Å². The average Bonchev–Trinajstić information content (AvgIpc) is 3.10. The first-order valence-electron chi connectivity index (χ1n) is 9.17. The van der Waals surface area contributed by atoms with Gasteiger partial charge in [-0.3, -0.25) is 14.5 Å². The predicted octanol–water partition coefficient (Wildman–Crippen LogP) is 1.25. The van der Waals surface area contributed by atoms with Crippen molar-refractivity contribution in [3.05, 3.63) is 29.3 Å². The van der Waals surface area contributed by atoms with Crippen LogP contribution < -0.4 is 4.74 Å². The van der Waals surface area contributed by atoms with Gasteiger partial charge in [0.05, 0.1) is 13.2 Å². The van der Waals surface area contributed by atoms with E-state index in [0.717, 1.165) is 49.5 Å². The Balaban J connectivity index is 1.53. The van der Waals surface area contributed by atoms with Crippen LogP contribution in [-0.2, 0) is 11.2 Å². The molecule has 2 amide bonds. The molecule has 0 radical (unpaired) electrons. The number of rotatable bonds is 5. The van der Waals surface area contributed by atoms with Crippen molar-refractivity contribution in [2.24, 2.45) is 0 Å². The molecule has 2 heterocycles. The van der Waals surface area contributed by atoms with Crippen LogP contribution in [0.4, 0.5) is 0 Å². The quantitative estimate of drug-likeness (QED) is 0.806. The van der Waals surface area contributed by atoms with E-state index in [2.05, 4.69) is 4.90 Å². The standard InChI is InChI=1S/C19H27N3O3/c1-3-21(4-2)18(23)14-20-8-10-22(11-9-20)19(24)16-5-6-17-15(13-16)7-12-25-17/h5-6,13H,3-4,7-12,14H2,1-2H3. The van der Waals surface area contributed by atoms with Crippen LogP contribution in [0.1, 0.15) is 29.8 Å². The van der Waals surface area contributed by atoms with Crippen LogP contribution in [0.2, 0.25) is 0 Å². The number of carbonyl (C=O) groups is 2. The van der Waals surface area contributed by atoms with Crippen LogP contribution in [0.15, 0.2) is 18.2 Å². The third-order valence-electron chi connectivity index (χ3n) is 5.07. The molecule has 1 saturated heterocycles. The van der Waals surface area contributed by atoms with Crippen molar-refractivity contribution in [3.8, 4) is 5.75 Å². The number of hydrogen-bond donors (Lipinski definition) is 0. The summed E-state index contributed by atoms with van der Waals surface area (Å²) in [6.07, 6.45) is 0.873. The SMILES string of the molecule is CCN(CC)C(=O)CN1CCN(C(=O)c2ccc3c(c2)CCO3)CC1. The fourth-order valence-corrected chi connectivity index (χ4v) is 3.48. The van der Waals surface area contributed by atoms with E-state index < -0.39 is 0 Å². The van der Waals surface area contributed by atoms with E-state index in [1.807, 2.05) is 41.8 Å². The van der Waals surface area contributed by atoms with Crippen molar-refractivity contribution >= 4 is 11.8 Å². The second-order valence-corrected chi connectivity index (χ2v) is 6.56. The Morgan fingerprint density at radius 1 is 1.12 bits per heavy atom. The van der Waals surface area contributed by atoms with Gasteiger partial charge < -0.3 is 14.5 Å². The molecule has 6 heteroatoms. The van der Waals surface area contributed by atoms with Gasteiger partial charge in [-0.2, -0.15) is 0 Å². The second-order valence-electron chi connectivity index (χ2n) is 6.56. The molecule has 0 saturated carbocycles. The lowest BCUT2D eigenvalue weighted by molar-refractivity contribution is -0.132. The van der Waals surface area contributed by atoms with Crippen molar-refractivity contribution in [2.45, 2.75) is 20.3 Å². The first-order chi connectivity index (χ1) is 12.1. The number of benzene rings is 1. The van der Waals surface area contributed by atoms with Gasteiger partial charge in [0.15, 0.2) is 0 Å². The van der Waals surface area contributed by atoms with Gasteiger partial charge in [0, 0.05) is 51.3 Å². The first-order valence-corrected chi connectivity index (χ1v) is 9.17. The van der Waals surface area contributed by atoms with Crippen LogP contribution in [0.3, 0.4) is 0 Å². The van der Waals surface area contributed by atoms with Crippen LogP contribution in [0.5, 0.6) is 5.75 Å². The monoisotopic (exact) mass is 345 g/mol. The molecule has 1 fully saturated rings. The van der Waals surface area contributed by atoms with Crippen LogP contribution in [0, 0.1) is 0 Å². The Hall–Kier alpha value is -2.08. The van der Waals surface area contributed by atoms with Crippen LogP contribution in [-0.4, -0.2) is 78.9 Å². The number of likely N-dealkylation sites (N-methyl/N-ethyl adjacent to an activating group) is 1. The minimum Gasteiger partial charge on any atom is -0.493 e. The zero-order chi connectivity index (χ0) is 17.8. The smallest absolute Gasteiger partial charge is 0.253 e. The molecule has 6 nitrogen and oxygen atoms in total. The highest BCUT2D eigenvalue weighted by Gasteiger charge is 2.25. The number of piperazine rings is 1. The van der Waals surface area contributed by atoms with Crippen molar-refractivity contribution in [1.29, 1.82) is 0 Å². The molecule has 0 atom stereocenters. The molecule has 1 aromatic rings. The molecule has 3 rings (SSSR count). The van der Waals surface area contributed by atoms with Gasteiger partial charge in [-0.1, -0.05) is 0 Å². The van der Waals surface area contributed by atoms with Crippen molar-refractivity contribution in [3.63, 3.8) is 0 Å². The molecule has 25 heavy (non-hydrogen) atoms. The minimum atomic E-state index is 0.0735. The minimum absolute atomic E-state index is 0.0735. The second kappa shape index (κ2) is 7.87. The Bertz CT molecular complexity index is 635. The van der Waals surface area contributed by atoms with Crippen LogP contribution in [0.25, 0.3) is 0 Å². The summed E-state index contributed by atoms with van der Waals surface area (Å²) in [4.78, 5) is 30.8. The summed E-state index contributed by atoms with van der Waals surface area (Å²) < 4.78 is 5.50. The molecular formula is C19H27N3O3. The number of carbonyl (C=O) groups excluding carboxylic acids is 2. The Morgan fingerprint density at radius 3 is 2.52 bits per heavy atom. The molecule has 2 aliphatic heterocycles. The van der Waals surface area contributed by atoms with Gasteiger partial charge >= 0.3 is 0 Å². The Labute approximate surface area is 149 Å². The normalized spacial score (nSPS) is 17.1. The van der Waals surface area contributed by atoms with E-state index in [1.54, 1.807) is 0 Å². The molecule has 136 valence electrons. The summed E-state index contributed by atoms with van der Waals surface area (Å²) >= 11 is 0. The lowest BCUT2D eigenvalue weighted by Crippen LogP contribution is -2.51. The van der Waals surface area contributed by atoms with Crippen molar-refractivity contribution in [2.75, 3.05) is 52.4 Å². The highest BCUT2D eigenvalue weighted by atomic mass is 16.5. The summed E-state index contributed by atoms with van der Waals surface area (Å²) in [5.74, 6) is 1.14. The van der Waals surface area contributed by atoms with E-state index in [0.29, 0.717) is 26.2 Å². The third kappa shape index (κ3) is 3.95. The van der Waals surface area contributed by atoms with E-state index in [4.69, 9.17) is 4.74 Å². The zero-order valence-corrected chi connectivity index (χ0v) is 15.2. The molecule has 2 aliphatic rings. The summed E-state index contributed by atoms with van der Waals surface area (Å²) in [6.45, 7) is 9.45. The summed E-state index contributed by atoms with van der Waals surface area (Å²) in [5.41, 5.74) is 1.85. The highest BCUT2D eigenvalue weighted by molar-refractivity contribution is 5.94. The van der Waals surface area contributed by atoms with Gasteiger partial charge in [0.2, 0.25) is 5.91 Å². The topological polar surface area (TPSA) is 53.1 Å². The molecule has 0 bridgehead atoms. The lowest BCUT2D eigenvalue weighted by Gasteiger charge is -2.35.